The van der Waals surface area contributed by atoms with Crippen LogP contribution in [0.25, 0.3) is 0 Å². The molecule has 0 unspecified atom stereocenters. The van der Waals surface area contributed by atoms with Crippen molar-refractivity contribution >= 4 is 5.91 Å². The van der Waals surface area contributed by atoms with E-state index in [1.807, 2.05) is 24.3 Å². The Morgan fingerprint density at radius 2 is 1.85 bits per heavy atom. The van der Waals surface area contributed by atoms with Crippen LogP contribution in [0.4, 0.5) is 0 Å². The molecule has 0 aromatic carbocycles. The summed E-state index contributed by atoms with van der Waals surface area (Å²) in [6.45, 7) is 2.21. The Labute approximate surface area is 122 Å². The Morgan fingerprint density at radius 1 is 1.15 bits per heavy atom. The standard InChI is InChI=1S/C17H27NO2/c1-2-3-4-5-6-7-12-15-17(19)18(20)16-13-10-8-9-11-14-16/h8-10,13-14,20H,2-7,11-12,15H2,1H3. The highest BCUT2D eigenvalue weighted by atomic mass is 16.5. The van der Waals surface area contributed by atoms with E-state index in [-0.39, 0.29) is 5.91 Å². The number of rotatable bonds is 9. The van der Waals surface area contributed by atoms with Crippen molar-refractivity contribution < 1.29 is 10.0 Å². The molecule has 0 aromatic heterocycles. The molecule has 0 atom stereocenters. The van der Waals surface area contributed by atoms with E-state index in [1.54, 1.807) is 6.08 Å². The summed E-state index contributed by atoms with van der Waals surface area (Å²) in [4.78, 5) is 11.9. The molecule has 0 aromatic rings. The lowest BCUT2D eigenvalue weighted by atomic mass is 10.1. The maximum absolute atomic E-state index is 11.9. The summed E-state index contributed by atoms with van der Waals surface area (Å²) < 4.78 is 0. The van der Waals surface area contributed by atoms with Crippen LogP contribution in [-0.4, -0.2) is 16.2 Å². The number of nitrogens with zero attached hydrogens (tertiary/aromatic N) is 1. The lowest BCUT2D eigenvalue weighted by molar-refractivity contribution is -0.156. The maximum atomic E-state index is 11.9. The Morgan fingerprint density at radius 3 is 2.60 bits per heavy atom. The first-order valence-corrected chi connectivity index (χ1v) is 7.81. The van der Waals surface area contributed by atoms with Crippen molar-refractivity contribution in [3.63, 3.8) is 0 Å². The van der Waals surface area contributed by atoms with Crippen LogP contribution in [0.2, 0.25) is 0 Å². The molecule has 0 aliphatic heterocycles. The zero-order valence-corrected chi connectivity index (χ0v) is 12.6. The summed E-state index contributed by atoms with van der Waals surface area (Å²) in [6, 6.07) is 0. The van der Waals surface area contributed by atoms with E-state index in [1.165, 1.54) is 32.1 Å². The first-order valence-electron chi connectivity index (χ1n) is 7.81. The molecule has 0 spiro atoms. The highest BCUT2D eigenvalue weighted by Crippen LogP contribution is 2.13. The summed E-state index contributed by atoms with van der Waals surface area (Å²) >= 11 is 0. The molecule has 1 N–H and O–H groups in total. The molecule has 1 aliphatic carbocycles. The van der Waals surface area contributed by atoms with Gasteiger partial charge in [-0.05, 0) is 18.9 Å². The first-order chi connectivity index (χ1) is 9.75. The zero-order valence-electron chi connectivity index (χ0n) is 12.6. The smallest absolute Gasteiger partial charge is 0.250 e. The molecule has 0 heterocycles. The van der Waals surface area contributed by atoms with Crippen molar-refractivity contribution in [2.75, 3.05) is 0 Å². The normalized spacial score (nSPS) is 14.0. The Bertz CT molecular complexity index is 369. The first kappa shape index (κ1) is 16.7. The van der Waals surface area contributed by atoms with Crippen LogP contribution in [0.15, 0.2) is 36.1 Å². The SMILES string of the molecule is CCCCCCCCCC(=O)N(O)C1=CCC=CC=C1. The van der Waals surface area contributed by atoms with Gasteiger partial charge in [-0.25, -0.2) is 0 Å². The number of hydrogen-bond donors (Lipinski definition) is 1. The highest BCUT2D eigenvalue weighted by molar-refractivity contribution is 5.77. The van der Waals surface area contributed by atoms with Crippen molar-refractivity contribution in [2.24, 2.45) is 0 Å². The number of hydroxylamine groups is 2. The van der Waals surface area contributed by atoms with Crippen LogP contribution in [0.1, 0.15) is 64.7 Å². The van der Waals surface area contributed by atoms with Crippen molar-refractivity contribution in [1.82, 2.24) is 5.06 Å². The van der Waals surface area contributed by atoms with Gasteiger partial charge in [0.1, 0.15) is 0 Å². The van der Waals surface area contributed by atoms with Gasteiger partial charge in [-0.2, -0.15) is 5.06 Å². The number of allylic oxidation sites excluding steroid dienone is 5. The van der Waals surface area contributed by atoms with Gasteiger partial charge in [-0.15, -0.1) is 0 Å². The third-order valence-electron chi connectivity index (χ3n) is 3.45. The van der Waals surface area contributed by atoms with Crippen molar-refractivity contribution in [2.45, 2.75) is 64.7 Å². The van der Waals surface area contributed by atoms with Crippen LogP contribution in [0, 0.1) is 0 Å². The van der Waals surface area contributed by atoms with E-state index < -0.39 is 0 Å². The molecule has 1 amide bonds. The van der Waals surface area contributed by atoms with Gasteiger partial charge in [0, 0.05) is 6.42 Å². The fourth-order valence-electron chi connectivity index (χ4n) is 2.21. The third-order valence-corrected chi connectivity index (χ3v) is 3.45. The molecule has 3 heteroatoms. The molecular weight excluding hydrogens is 250 g/mol. The number of hydrogen-bond acceptors (Lipinski definition) is 2. The van der Waals surface area contributed by atoms with Gasteiger partial charge >= 0.3 is 0 Å². The molecule has 1 rings (SSSR count). The second-order valence-electron chi connectivity index (χ2n) is 5.23. The number of carbonyl (C=O) groups is 1. The largest absolute Gasteiger partial charge is 0.281 e. The molecule has 0 saturated heterocycles. The summed E-state index contributed by atoms with van der Waals surface area (Å²) in [5, 5.41) is 10.7. The van der Waals surface area contributed by atoms with Crippen molar-refractivity contribution in [3.8, 4) is 0 Å². The van der Waals surface area contributed by atoms with Gasteiger partial charge in [0.25, 0.3) is 5.91 Å². The molecular formula is C17H27NO2. The number of amides is 1. The van der Waals surface area contributed by atoms with Gasteiger partial charge in [0.2, 0.25) is 0 Å². The molecule has 0 radical (unpaired) electrons. The highest BCUT2D eigenvalue weighted by Gasteiger charge is 2.13. The van der Waals surface area contributed by atoms with Gasteiger partial charge in [0.15, 0.2) is 0 Å². The number of unbranched alkanes of at least 4 members (excludes halogenated alkanes) is 6. The van der Waals surface area contributed by atoms with E-state index in [4.69, 9.17) is 0 Å². The Kier molecular flexibility index (Phi) is 8.72. The van der Waals surface area contributed by atoms with E-state index in [0.717, 1.165) is 24.3 Å². The fourth-order valence-corrected chi connectivity index (χ4v) is 2.21. The Balaban J connectivity index is 2.17. The van der Waals surface area contributed by atoms with Crippen molar-refractivity contribution in [3.05, 3.63) is 36.1 Å². The van der Waals surface area contributed by atoms with Crippen LogP contribution < -0.4 is 0 Å². The second-order valence-corrected chi connectivity index (χ2v) is 5.23. The minimum atomic E-state index is -0.212. The minimum absolute atomic E-state index is 0.212. The summed E-state index contributed by atoms with van der Waals surface area (Å²) in [6.07, 6.45) is 18.7. The molecule has 0 saturated carbocycles. The molecule has 112 valence electrons. The van der Waals surface area contributed by atoms with Crippen molar-refractivity contribution in [1.29, 1.82) is 0 Å². The van der Waals surface area contributed by atoms with Gasteiger partial charge < -0.3 is 0 Å². The van der Waals surface area contributed by atoms with E-state index in [9.17, 15) is 10.0 Å². The van der Waals surface area contributed by atoms with E-state index >= 15 is 0 Å². The van der Waals surface area contributed by atoms with Gasteiger partial charge in [0.05, 0.1) is 5.70 Å². The Hall–Kier alpha value is -1.35. The average molecular weight is 277 g/mol. The van der Waals surface area contributed by atoms with E-state index in [2.05, 4.69) is 6.92 Å². The monoisotopic (exact) mass is 277 g/mol. The van der Waals surface area contributed by atoms with Crippen LogP contribution in [0.3, 0.4) is 0 Å². The summed E-state index contributed by atoms with van der Waals surface area (Å²) in [5.41, 5.74) is 0.572. The maximum Gasteiger partial charge on any atom is 0.250 e. The summed E-state index contributed by atoms with van der Waals surface area (Å²) in [7, 11) is 0. The molecule has 3 nitrogen and oxygen atoms in total. The zero-order chi connectivity index (χ0) is 14.6. The van der Waals surface area contributed by atoms with Crippen LogP contribution in [-0.2, 0) is 4.79 Å². The lowest BCUT2D eigenvalue weighted by Crippen LogP contribution is -2.25. The predicted octanol–water partition coefficient (Wildman–Crippen LogP) is 4.74. The molecule has 0 fully saturated rings. The molecule has 1 aliphatic rings. The molecule has 0 bridgehead atoms. The summed E-state index contributed by atoms with van der Waals surface area (Å²) in [5.74, 6) is -0.212. The van der Waals surface area contributed by atoms with Gasteiger partial charge in [-0.1, -0.05) is 69.8 Å². The lowest BCUT2D eigenvalue weighted by Gasteiger charge is -2.15. The second kappa shape index (κ2) is 10.4. The van der Waals surface area contributed by atoms with Crippen LogP contribution in [0.5, 0.6) is 0 Å². The average Bonchev–Trinajstić information content (AvgIpc) is 2.74. The quantitative estimate of drug-likeness (QED) is 0.375. The third kappa shape index (κ3) is 6.71. The molecule has 20 heavy (non-hydrogen) atoms. The van der Waals surface area contributed by atoms with Crippen LogP contribution >= 0.6 is 0 Å². The minimum Gasteiger partial charge on any atom is -0.281 e. The number of carbonyl (C=O) groups excluding carboxylic acids is 1. The van der Waals surface area contributed by atoms with E-state index in [0.29, 0.717) is 12.1 Å². The van der Waals surface area contributed by atoms with Gasteiger partial charge in [-0.3, -0.25) is 10.0 Å². The fraction of sp³-hybridized carbons (Fsp3) is 0.588. The predicted molar refractivity (Wildman–Crippen MR) is 82.2 cm³/mol. The topological polar surface area (TPSA) is 40.5 Å².